The highest BCUT2D eigenvalue weighted by Gasteiger charge is 2.26. The number of nitrogens with zero attached hydrogens (tertiary/aromatic N) is 6. The zero-order chi connectivity index (χ0) is 29.1. The molecular formula is C32H38N6O4. The molecule has 0 N–H and O–H groups in total. The lowest BCUT2D eigenvalue weighted by Gasteiger charge is -2.31. The van der Waals surface area contributed by atoms with Crippen molar-refractivity contribution < 1.29 is 19.1 Å². The van der Waals surface area contributed by atoms with Crippen LogP contribution in [0.4, 0.5) is 4.79 Å². The number of hydrogen-bond donors (Lipinski definition) is 0. The molecule has 0 unspecified atom stereocenters. The van der Waals surface area contributed by atoms with Crippen LogP contribution in [0.25, 0.3) is 33.4 Å². The van der Waals surface area contributed by atoms with E-state index in [-0.39, 0.29) is 6.04 Å². The Hall–Kier alpha value is -3.86. The Morgan fingerprint density at radius 1 is 0.976 bits per heavy atom. The van der Waals surface area contributed by atoms with Crippen LogP contribution in [-0.2, 0) is 20.9 Å². The molecule has 4 heterocycles. The van der Waals surface area contributed by atoms with E-state index in [2.05, 4.69) is 40.3 Å². The number of hydrogen-bond acceptors (Lipinski definition) is 9. The van der Waals surface area contributed by atoms with Crippen LogP contribution >= 0.6 is 0 Å². The number of fused-ring (bicyclic) bond motifs is 1. The molecule has 0 bridgehead atoms. The van der Waals surface area contributed by atoms with Crippen molar-refractivity contribution in [3.63, 3.8) is 0 Å². The molecule has 2 aromatic heterocycles. The number of hydroxylamine groups is 2. The summed E-state index contributed by atoms with van der Waals surface area (Å²) < 4.78 is 12.7. The molecular weight excluding hydrogens is 532 g/mol. The third-order valence-corrected chi connectivity index (χ3v) is 7.64. The fraction of sp³-hybridized carbons (Fsp3) is 0.438. The summed E-state index contributed by atoms with van der Waals surface area (Å²) >= 11 is 0. The highest BCUT2D eigenvalue weighted by Crippen LogP contribution is 2.30. The molecule has 10 heteroatoms. The lowest BCUT2D eigenvalue weighted by atomic mass is 10.0. The molecule has 2 aromatic carbocycles. The van der Waals surface area contributed by atoms with E-state index in [1.54, 1.807) is 5.06 Å². The van der Waals surface area contributed by atoms with E-state index in [1.165, 1.54) is 5.56 Å². The van der Waals surface area contributed by atoms with Crippen LogP contribution in [0.1, 0.15) is 45.2 Å². The summed E-state index contributed by atoms with van der Waals surface area (Å²) in [5.41, 5.74) is 6.33. The van der Waals surface area contributed by atoms with Gasteiger partial charge in [0.2, 0.25) is 0 Å². The largest absolute Gasteiger partial charge is 0.528 e. The van der Waals surface area contributed by atoms with E-state index in [1.807, 2.05) is 56.2 Å². The minimum absolute atomic E-state index is 0.206. The van der Waals surface area contributed by atoms with Crippen LogP contribution in [0, 0.1) is 0 Å². The van der Waals surface area contributed by atoms with Gasteiger partial charge >= 0.3 is 6.16 Å². The van der Waals surface area contributed by atoms with Gasteiger partial charge in [-0.25, -0.2) is 9.78 Å². The molecule has 2 fully saturated rings. The molecule has 42 heavy (non-hydrogen) atoms. The molecule has 10 nitrogen and oxygen atoms in total. The number of benzene rings is 2. The molecule has 0 spiro atoms. The average molecular weight is 571 g/mol. The first-order valence-electron chi connectivity index (χ1n) is 14.7. The maximum Gasteiger partial charge on any atom is 0.528 e. The van der Waals surface area contributed by atoms with Gasteiger partial charge in [-0.1, -0.05) is 36.4 Å². The predicted molar refractivity (Wildman–Crippen MR) is 159 cm³/mol. The van der Waals surface area contributed by atoms with Gasteiger partial charge in [-0.05, 0) is 50.8 Å². The van der Waals surface area contributed by atoms with E-state index in [9.17, 15) is 4.79 Å². The Labute approximate surface area is 246 Å². The van der Waals surface area contributed by atoms with E-state index < -0.39 is 11.8 Å². The van der Waals surface area contributed by atoms with Crippen molar-refractivity contribution in [3.8, 4) is 22.4 Å². The Morgan fingerprint density at radius 3 is 2.48 bits per heavy atom. The Kier molecular flexibility index (Phi) is 8.19. The molecule has 0 aliphatic carbocycles. The van der Waals surface area contributed by atoms with E-state index in [4.69, 9.17) is 24.3 Å². The number of piperidine rings is 1. The van der Waals surface area contributed by atoms with Crippen molar-refractivity contribution in [1.82, 2.24) is 29.7 Å². The minimum Gasteiger partial charge on any atom is -0.427 e. The first-order chi connectivity index (χ1) is 20.3. The van der Waals surface area contributed by atoms with E-state index in [0.717, 1.165) is 79.1 Å². The molecule has 6 rings (SSSR count). The molecule has 0 radical (unpaired) electrons. The molecule has 2 aliphatic heterocycles. The van der Waals surface area contributed by atoms with Gasteiger partial charge in [0.1, 0.15) is 5.60 Å². The fourth-order valence-electron chi connectivity index (χ4n) is 5.45. The van der Waals surface area contributed by atoms with E-state index >= 15 is 0 Å². The quantitative estimate of drug-likeness (QED) is 0.279. The van der Waals surface area contributed by atoms with Crippen LogP contribution < -0.4 is 0 Å². The van der Waals surface area contributed by atoms with Crippen molar-refractivity contribution >= 4 is 17.2 Å². The summed E-state index contributed by atoms with van der Waals surface area (Å²) in [5.74, 6) is 0. The zero-order valence-corrected chi connectivity index (χ0v) is 24.5. The van der Waals surface area contributed by atoms with Gasteiger partial charge in [-0.15, -0.1) is 5.06 Å². The van der Waals surface area contributed by atoms with E-state index in [0.29, 0.717) is 13.1 Å². The van der Waals surface area contributed by atoms with Gasteiger partial charge in [0, 0.05) is 50.0 Å². The van der Waals surface area contributed by atoms with Crippen LogP contribution in [0.5, 0.6) is 0 Å². The molecule has 2 saturated heterocycles. The number of para-hydroxylation sites is 1. The van der Waals surface area contributed by atoms with Gasteiger partial charge in [0.15, 0.2) is 0 Å². The summed E-state index contributed by atoms with van der Waals surface area (Å²) in [6.45, 7) is 11.2. The normalized spacial score (nSPS) is 17.4. The number of carbonyl (C=O) groups excluding carboxylic acids is 1. The molecule has 0 saturated carbocycles. The first kappa shape index (κ1) is 28.3. The number of carbonyl (C=O) groups is 1. The first-order valence-corrected chi connectivity index (χ1v) is 14.7. The SMILES string of the molecule is CC(C)(C)OC(=O)ON1CCC(n2cc(-c3cnc4cccc(-c5ccc(CN6CCOCC6)cc5)c4n3)cn2)CC1. The second-order valence-electron chi connectivity index (χ2n) is 11.9. The Balaban J connectivity index is 1.14. The minimum atomic E-state index is -0.666. The molecule has 220 valence electrons. The summed E-state index contributed by atoms with van der Waals surface area (Å²) in [4.78, 5) is 29.6. The monoisotopic (exact) mass is 570 g/mol. The standard InChI is InChI=1S/C32H38N6O4/c1-32(2,3)41-31(39)42-37-13-11-26(12-14-37)38-22-25(19-34-38)29-20-33-28-6-4-5-27(30(28)35-29)24-9-7-23(8-10-24)21-36-15-17-40-18-16-36/h4-10,19-20,22,26H,11-18,21H2,1-3H3. The van der Waals surface area contributed by atoms with Crippen LogP contribution in [0.3, 0.4) is 0 Å². The summed E-state index contributed by atoms with van der Waals surface area (Å²) in [5, 5.41) is 6.32. The van der Waals surface area contributed by atoms with Gasteiger partial charge in [0.05, 0.1) is 48.4 Å². The zero-order valence-electron chi connectivity index (χ0n) is 24.5. The van der Waals surface area contributed by atoms with Gasteiger partial charge in [-0.3, -0.25) is 14.6 Å². The van der Waals surface area contributed by atoms with Gasteiger partial charge in [-0.2, -0.15) is 5.10 Å². The summed E-state index contributed by atoms with van der Waals surface area (Å²) in [6.07, 6.45) is 6.64. The van der Waals surface area contributed by atoms with Crippen molar-refractivity contribution in [2.45, 2.75) is 51.8 Å². The predicted octanol–water partition coefficient (Wildman–Crippen LogP) is 5.50. The van der Waals surface area contributed by atoms with Gasteiger partial charge in [0.25, 0.3) is 0 Å². The average Bonchev–Trinajstić information content (AvgIpc) is 3.47. The smallest absolute Gasteiger partial charge is 0.427 e. The molecule has 2 aliphatic rings. The summed E-state index contributed by atoms with van der Waals surface area (Å²) in [6, 6.07) is 15.1. The number of rotatable bonds is 6. The van der Waals surface area contributed by atoms with Gasteiger partial charge < -0.3 is 14.3 Å². The number of aromatic nitrogens is 4. The van der Waals surface area contributed by atoms with Crippen molar-refractivity contribution in [1.29, 1.82) is 0 Å². The number of morpholine rings is 1. The second kappa shape index (κ2) is 12.2. The lowest BCUT2D eigenvalue weighted by molar-refractivity contribution is -0.154. The van der Waals surface area contributed by atoms with Crippen molar-refractivity contribution in [2.75, 3.05) is 39.4 Å². The third kappa shape index (κ3) is 6.78. The molecule has 0 atom stereocenters. The maximum atomic E-state index is 12.0. The van der Waals surface area contributed by atoms with Crippen molar-refractivity contribution in [3.05, 3.63) is 66.6 Å². The molecule has 4 aromatic rings. The third-order valence-electron chi connectivity index (χ3n) is 7.64. The van der Waals surface area contributed by atoms with Crippen LogP contribution in [-0.4, -0.2) is 80.9 Å². The Bertz CT molecular complexity index is 1520. The second-order valence-corrected chi connectivity index (χ2v) is 11.9. The highest BCUT2D eigenvalue weighted by molar-refractivity contribution is 5.92. The Morgan fingerprint density at radius 2 is 1.74 bits per heavy atom. The van der Waals surface area contributed by atoms with Crippen LogP contribution in [0.2, 0.25) is 0 Å². The van der Waals surface area contributed by atoms with Crippen LogP contribution in [0.15, 0.2) is 61.1 Å². The topological polar surface area (TPSA) is 94.8 Å². The maximum absolute atomic E-state index is 12.0. The highest BCUT2D eigenvalue weighted by atomic mass is 16.8. The number of ether oxygens (including phenoxy) is 2. The lowest BCUT2D eigenvalue weighted by Crippen LogP contribution is -2.38. The summed E-state index contributed by atoms with van der Waals surface area (Å²) in [7, 11) is 0. The van der Waals surface area contributed by atoms with Crippen molar-refractivity contribution in [2.24, 2.45) is 0 Å². The molecule has 0 amide bonds. The fourth-order valence-corrected chi connectivity index (χ4v) is 5.45.